The van der Waals surface area contributed by atoms with Crippen molar-refractivity contribution < 1.29 is 9.90 Å². The molecule has 0 saturated carbocycles. The minimum Gasteiger partial charge on any atom is -0.506 e. The number of rotatable bonds is 4. The molecule has 8 heteroatoms. The lowest BCUT2D eigenvalue weighted by Crippen LogP contribution is -1.97. The van der Waals surface area contributed by atoms with Gasteiger partial charge in [-0.15, -0.1) is 10.2 Å². The number of carbonyl (C=O) groups excluding carboxylic acids is 1. The van der Waals surface area contributed by atoms with Crippen LogP contribution >= 0.6 is 0 Å². The number of hydrogen-bond acceptors (Lipinski definition) is 7. The molecule has 2 aromatic rings. The number of phenols is 1. The van der Waals surface area contributed by atoms with Gasteiger partial charge in [0.2, 0.25) is 5.82 Å². The maximum absolute atomic E-state index is 11.3. The summed E-state index contributed by atoms with van der Waals surface area (Å²) < 4.78 is 0. The summed E-state index contributed by atoms with van der Waals surface area (Å²) in [5, 5.41) is 34.4. The average molecular weight is 270 g/mol. The summed E-state index contributed by atoms with van der Waals surface area (Å²) in [6.45, 7) is 1.42. The van der Waals surface area contributed by atoms with Crippen LogP contribution in [0.2, 0.25) is 0 Å². The fraction of sp³-hybridized carbons (Fsp3) is 0.0833. The Hall–Kier alpha value is -3.21. The van der Waals surface area contributed by atoms with Crippen molar-refractivity contribution in [2.45, 2.75) is 6.92 Å². The molecule has 8 nitrogen and oxygen atoms in total. The average Bonchev–Trinajstić information content (AvgIpc) is 2.95. The number of carbonyl (C=O) groups is 1. The largest absolute Gasteiger partial charge is 0.506 e. The highest BCUT2D eigenvalue weighted by Gasteiger charge is 2.08. The fourth-order valence-electron chi connectivity index (χ4n) is 1.44. The summed E-state index contributed by atoms with van der Waals surface area (Å²) in [6.07, 6.45) is 1.32. The Labute approximate surface area is 113 Å². The summed E-state index contributed by atoms with van der Waals surface area (Å²) in [5.74, 6) is -0.0467. The first-order chi connectivity index (χ1) is 9.61. The highest BCUT2D eigenvalue weighted by atomic mass is 16.3. The van der Waals surface area contributed by atoms with Crippen LogP contribution in [0.4, 0.5) is 5.69 Å². The zero-order valence-electron chi connectivity index (χ0n) is 10.5. The van der Waals surface area contributed by atoms with Gasteiger partial charge in [-0.05, 0) is 30.3 Å². The van der Waals surface area contributed by atoms with Crippen LogP contribution in [0.5, 0.6) is 5.75 Å². The molecule has 0 saturated heterocycles. The fourth-order valence-corrected chi connectivity index (χ4v) is 1.44. The van der Waals surface area contributed by atoms with E-state index in [1.54, 1.807) is 0 Å². The number of Topliss-reactive ketones (excluding diaryl/α,β-unsaturated/α-hetero) is 1. The number of allylic oxidation sites excluding steroid dienone is 1. The molecular formula is C12H10N6O2. The van der Waals surface area contributed by atoms with Crippen molar-refractivity contribution in [2.24, 2.45) is 0 Å². The Kier molecular flexibility index (Phi) is 3.72. The first kappa shape index (κ1) is 13.2. The molecule has 3 N–H and O–H groups in total. The van der Waals surface area contributed by atoms with Crippen molar-refractivity contribution in [3.05, 3.63) is 35.8 Å². The van der Waals surface area contributed by atoms with Crippen LogP contribution in [-0.4, -0.2) is 31.5 Å². The lowest BCUT2D eigenvalue weighted by Gasteiger charge is -2.06. The summed E-state index contributed by atoms with van der Waals surface area (Å²) in [5.41, 5.74) is 0.872. The monoisotopic (exact) mass is 270 g/mol. The number of nitrogens with zero attached hydrogens (tertiary/aromatic N) is 4. The molecule has 0 aliphatic heterocycles. The molecule has 0 bridgehead atoms. The highest BCUT2D eigenvalue weighted by molar-refractivity contribution is 5.95. The lowest BCUT2D eigenvalue weighted by atomic mass is 10.1. The molecule has 2 rings (SSSR count). The molecule has 0 aliphatic rings. The van der Waals surface area contributed by atoms with Crippen molar-refractivity contribution in [2.75, 3.05) is 5.32 Å². The predicted octanol–water partition coefficient (Wildman–Crippen LogP) is 1.08. The van der Waals surface area contributed by atoms with E-state index >= 15 is 0 Å². The van der Waals surface area contributed by atoms with E-state index in [1.807, 2.05) is 6.07 Å². The first-order valence-electron chi connectivity index (χ1n) is 5.56. The quantitative estimate of drug-likeness (QED) is 0.431. The molecule has 1 aromatic heterocycles. The molecule has 0 atom stereocenters. The second-order valence-corrected chi connectivity index (χ2v) is 3.84. The number of ketones is 1. The van der Waals surface area contributed by atoms with Gasteiger partial charge in [0.15, 0.2) is 5.78 Å². The molecule has 1 aromatic carbocycles. The third-order valence-electron chi connectivity index (χ3n) is 2.48. The van der Waals surface area contributed by atoms with Gasteiger partial charge in [0.1, 0.15) is 17.4 Å². The third kappa shape index (κ3) is 2.78. The van der Waals surface area contributed by atoms with E-state index in [0.717, 1.165) is 0 Å². The number of tetrazole rings is 1. The molecule has 0 spiro atoms. The summed E-state index contributed by atoms with van der Waals surface area (Å²) in [7, 11) is 0. The van der Waals surface area contributed by atoms with E-state index < -0.39 is 0 Å². The van der Waals surface area contributed by atoms with Crippen molar-refractivity contribution in [3.63, 3.8) is 0 Å². The zero-order valence-corrected chi connectivity index (χ0v) is 10.5. The summed E-state index contributed by atoms with van der Waals surface area (Å²) in [4.78, 5) is 11.3. The number of hydrogen-bond donors (Lipinski definition) is 3. The van der Waals surface area contributed by atoms with Crippen LogP contribution in [-0.2, 0) is 0 Å². The second kappa shape index (κ2) is 5.62. The van der Waals surface area contributed by atoms with E-state index in [9.17, 15) is 9.90 Å². The van der Waals surface area contributed by atoms with E-state index in [4.69, 9.17) is 5.26 Å². The standard InChI is InChI=1S/C12H10N6O2/c1-7(19)8-2-3-11(20)10(4-8)14-6-9(5-13)12-15-17-18-16-12/h2-4,6,14,20H,1H3,(H,15,16,17,18). The normalized spacial score (nSPS) is 10.9. The first-order valence-corrected chi connectivity index (χ1v) is 5.56. The third-order valence-corrected chi connectivity index (χ3v) is 2.48. The van der Waals surface area contributed by atoms with E-state index in [2.05, 4.69) is 25.9 Å². The van der Waals surface area contributed by atoms with E-state index in [1.165, 1.54) is 31.3 Å². The summed E-state index contributed by atoms with van der Waals surface area (Å²) >= 11 is 0. The number of nitrogens with one attached hydrogen (secondary N) is 2. The van der Waals surface area contributed by atoms with Gasteiger partial charge >= 0.3 is 0 Å². The highest BCUT2D eigenvalue weighted by Crippen LogP contribution is 2.25. The maximum atomic E-state index is 11.3. The van der Waals surface area contributed by atoms with Crippen LogP contribution < -0.4 is 5.32 Å². The molecular weight excluding hydrogens is 260 g/mol. The van der Waals surface area contributed by atoms with Crippen molar-refractivity contribution in [1.29, 1.82) is 5.26 Å². The zero-order chi connectivity index (χ0) is 14.5. The number of aromatic amines is 1. The SMILES string of the molecule is CC(=O)c1ccc(O)c(NC=C(C#N)c2nn[nH]n2)c1. The second-order valence-electron chi connectivity index (χ2n) is 3.84. The Balaban J connectivity index is 2.28. The van der Waals surface area contributed by atoms with E-state index in [0.29, 0.717) is 11.3 Å². The van der Waals surface area contributed by atoms with Crippen LogP contribution in [0, 0.1) is 11.3 Å². The smallest absolute Gasteiger partial charge is 0.216 e. The number of phenolic OH excluding ortho intramolecular Hbond substituents is 1. The number of benzene rings is 1. The van der Waals surface area contributed by atoms with Crippen molar-refractivity contribution in [3.8, 4) is 11.8 Å². The Morgan fingerprint density at radius 1 is 1.55 bits per heavy atom. The van der Waals surface area contributed by atoms with Crippen LogP contribution in [0.25, 0.3) is 5.57 Å². The van der Waals surface area contributed by atoms with Gasteiger partial charge < -0.3 is 10.4 Å². The lowest BCUT2D eigenvalue weighted by molar-refractivity contribution is 0.101. The van der Waals surface area contributed by atoms with Crippen LogP contribution in [0.3, 0.4) is 0 Å². The van der Waals surface area contributed by atoms with Crippen molar-refractivity contribution in [1.82, 2.24) is 20.6 Å². The van der Waals surface area contributed by atoms with Gasteiger partial charge in [-0.2, -0.15) is 10.5 Å². The molecule has 0 unspecified atom stereocenters. The number of anilines is 1. The van der Waals surface area contributed by atoms with Gasteiger partial charge in [0.05, 0.1) is 5.69 Å². The molecule has 100 valence electrons. The maximum Gasteiger partial charge on any atom is 0.216 e. The minimum atomic E-state index is -0.129. The number of nitriles is 1. The van der Waals surface area contributed by atoms with E-state index in [-0.39, 0.29) is 22.9 Å². The number of aromatic nitrogens is 4. The van der Waals surface area contributed by atoms with Gasteiger partial charge in [-0.3, -0.25) is 4.79 Å². The van der Waals surface area contributed by atoms with Crippen molar-refractivity contribution >= 4 is 17.0 Å². The number of aromatic hydroxyl groups is 1. The Morgan fingerprint density at radius 3 is 2.95 bits per heavy atom. The van der Waals surface area contributed by atoms with Gasteiger partial charge in [-0.1, -0.05) is 0 Å². The minimum absolute atomic E-state index is 0.0448. The van der Waals surface area contributed by atoms with Crippen LogP contribution in [0.1, 0.15) is 23.1 Å². The topological polar surface area (TPSA) is 128 Å². The molecule has 0 fully saturated rings. The van der Waals surface area contributed by atoms with Crippen LogP contribution in [0.15, 0.2) is 24.4 Å². The van der Waals surface area contributed by atoms with Gasteiger partial charge in [0.25, 0.3) is 0 Å². The predicted molar refractivity (Wildman–Crippen MR) is 69.5 cm³/mol. The molecule has 0 aliphatic carbocycles. The molecule has 20 heavy (non-hydrogen) atoms. The molecule has 0 radical (unpaired) electrons. The van der Waals surface area contributed by atoms with Gasteiger partial charge in [0, 0.05) is 11.8 Å². The molecule has 1 heterocycles. The van der Waals surface area contributed by atoms with Gasteiger partial charge in [-0.25, -0.2) is 0 Å². The Morgan fingerprint density at radius 2 is 2.35 bits per heavy atom. The number of H-pyrrole nitrogens is 1. The molecule has 0 amide bonds. The Bertz CT molecular complexity index is 699. The summed E-state index contributed by atoms with van der Waals surface area (Å²) in [6, 6.07) is 6.29.